The van der Waals surface area contributed by atoms with E-state index >= 15 is 0 Å². The Kier molecular flexibility index (Phi) is 4.95. The lowest BCUT2D eigenvalue weighted by molar-refractivity contribution is 0.249. The molecule has 0 aliphatic carbocycles. The molecule has 2 amide bonds. The lowest BCUT2D eigenvalue weighted by Gasteiger charge is -2.16. The number of nitrogens with one attached hydrogen (secondary N) is 2. The number of amides is 2. The molecule has 0 saturated carbocycles. The molecule has 1 aromatic heterocycles. The van der Waals surface area contributed by atoms with Crippen molar-refractivity contribution in [1.29, 1.82) is 0 Å². The summed E-state index contributed by atoms with van der Waals surface area (Å²) in [6.45, 7) is 3.86. The second kappa shape index (κ2) is 7.31. The number of urea groups is 1. The zero-order chi connectivity index (χ0) is 17.8. The number of carbonyl (C=O) groups excluding carboxylic acids is 1. The number of tetrazole rings is 1. The summed E-state index contributed by atoms with van der Waals surface area (Å²) in [4.78, 5) is 12.3. The summed E-state index contributed by atoms with van der Waals surface area (Å²) in [6, 6.07) is 12.5. The molecule has 7 nitrogen and oxygen atoms in total. The number of benzene rings is 2. The number of hydrogen-bond acceptors (Lipinski definition) is 4. The van der Waals surface area contributed by atoms with Gasteiger partial charge in [0, 0.05) is 10.7 Å². The van der Waals surface area contributed by atoms with Gasteiger partial charge in [-0.05, 0) is 59.7 Å². The molecule has 128 valence electrons. The van der Waals surface area contributed by atoms with Gasteiger partial charge in [0.25, 0.3) is 0 Å². The molecular formula is C17H17ClN6O. The van der Waals surface area contributed by atoms with Crippen molar-refractivity contribution in [3.05, 3.63) is 64.9 Å². The molecule has 0 fully saturated rings. The average molecular weight is 357 g/mol. The first-order chi connectivity index (χ1) is 12.0. The van der Waals surface area contributed by atoms with Crippen LogP contribution < -0.4 is 10.6 Å². The average Bonchev–Trinajstić information content (AvgIpc) is 3.11. The van der Waals surface area contributed by atoms with Crippen molar-refractivity contribution in [2.45, 2.75) is 19.9 Å². The van der Waals surface area contributed by atoms with Gasteiger partial charge >= 0.3 is 6.03 Å². The van der Waals surface area contributed by atoms with Gasteiger partial charge in [0.1, 0.15) is 6.33 Å². The molecule has 2 aromatic carbocycles. The van der Waals surface area contributed by atoms with Gasteiger partial charge in [-0.1, -0.05) is 29.8 Å². The minimum atomic E-state index is -0.297. The molecule has 0 aliphatic rings. The highest BCUT2D eigenvalue weighted by Gasteiger charge is 2.11. The summed E-state index contributed by atoms with van der Waals surface area (Å²) < 4.78 is 1.55. The Morgan fingerprint density at radius 1 is 1.20 bits per heavy atom. The molecule has 1 heterocycles. The molecule has 3 rings (SSSR count). The largest absolute Gasteiger partial charge is 0.331 e. The van der Waals surface area contributed by atoms with E-state index in [1.807, 2.05) is 44.2 Å². The molecule has 0 unspecified atom stereocenters. The van der Waals surface area contributed by atoms with Crippen LogP contribution in [-0.4, -0.2) is 26.2 Å². The predicted molar refractivity (Wildman–Crippen MR) is 95.9 cm³/mol. The van der Waals surface area contributed by atoms with Crippen molar-refractivity contribution in [3.8, 4) is 5.69 Å². The Morgan fingerprint density at radius 2 is 1.96 bits per heavy atom. The Balaban J connectivity index is 1.69. The van der Waals surface area contributed by atoms with Crippen molar-refractivity contribution in [2.24, 2.45) is 0 Å². The van der Waals surface area contributed by atoms with Crippen LogP contribution in [0.15, 0.2) is 48.8 Å². The Bertz CT molecular complexity index is 863. The van der Waals surface area contributed by atoms with Crippen LogP contribution in [0.4, 0.5) is 10.5 Å². The third-order valence-corrected chi connectivity index (χ3v) is 4.03. The minimum Gasteiger partial charge on any atom is -0.331 e. The normalized spacial score (nSPS) is 11.8. The smallest absolute Gasteiger partial charge is 0.319 e. The first kappa shape index (κ1) is 16.9. The number of carbonyl (C=O) groups is 1. The van der Waals surface area contributed by atoms with Crippen LogP contribution in [0.5, 0.6) is 0 Å². The van der Waals surface area contributed by atoms with Crippen molar-refractivity contribution in [3.63, 3.8) is 0 Å². The predicted octanol–water partition coefficient (Wildman–Crippen LogP) is 3.51. The van der Waals surface area contributed by atoms with Gasteiger partial charge < -0.3 is 10.6 Å². The summed E-state index contributed by atoms with van der Waals surface area (Å²) in [5.74, 6) is 0. The molecule has 25 heavy (non-hydrogen) atoms. The highest BCUT2D eigenvalue weighted by Crippen LogP contribution is 2.19. The number of aromatic nitrogens is 4. The lowest BCUT2D eigenvalue weighted by Crippen LogP contribution is -2.31. The number of hydrogen-bond donors (Lipinski definition) is 2. The molecule has 0 bridgehead atoms. The molecule has 0 aliphatic heterocycles. The Hall–Kier alpha value is -2.93. The highest BCUT2D eigenvalue weighted by molar-refractivity contribution is 6.30. The van der Waals surface area contributed by atoms with Gasteiger partial charge in [-0.25, -0.2) is 9.48 Å². The number of aryl methyl sites for hydroxylation is 1. The fraction of sp³-hybridized carbons (Fsp3) is 0.176. The van der Waals surface area contributed by atoms with Gasteiger partial charge in [-0.2, -0.15) is 0 Å². The second-order valence-electron chi connectivity index (χ2n) is 5.63. The Morgan fingerprint density at radius 3 is 2.64 bits per heavy atom. The van der Waals surface area contributed by atoms with Crippen LogP contribution in [-0.2, 0) is 0 Å². The van der Waals surface area contributed by atoms with Crippen molar-refractivity contribution in [1.82, 2.24) is 25.5 Å². The molecule has 8 heteroatoms. The third kappa shape index (κ3) is 4.13. The molecule has 0 saturated heterocycles. The number of nitrogens with zero attached hydrogens (tertiary/aromatic N) is 4. The van der Waals surface area contributed by atoms with Gasteiger partial charge in [-0.3, -0.25) is 0 Å². The van der Waals surface area contributed by atoms with Gasteiger partial charge in [0.15, 0.2) is 0 Å². The van der Waals surface area contributed by atoms with Gasteiger partial charge in [0.2, 0.25) is 0 Å². The molecule has 0 spiro atoms. The van der Waals surface area contributed by atoms with E-state index < -0.39 is 0 Å². The van der Waals surface area contributed by atoms with E-state index in [-0.39, 0.29) is 12.1 Å². The zero-order valence-electron chi connectivity index (χ0n) is 13.8. The van der Waals surface area contributed by atoms with Crippen molar-refractivity contribution < 1.29 is 4.79 Å². The molecule has 0 radical (unpaired) electrons. The van der Waals surface area contributed by atoms with E-state index in [4.69, 9.17) is 11.6 Å². The van der Waals surface area contributed by atoms with Crippen LogP contribution in [0.25, 0.3) is 5.69 Å². The number of halogens is 1. The second-order valence-corrected chi connectivity index (χ2v) is 6.06. The molecule has 1 atom stereocenters. The van der Waals surface area contributed by atoms with E-state index in [0.717, 1.165) is 16.8 Å². The van der Waals surface area contributed by atoms with Crippen molar-refractivity contribution in [2.75, 3.05) is 5.32 Å². The highest BCUT2D eigenvalue weighted by atomic mass is 35.5. The van der Waals surface area contributed by atoms with E-state index in [0.29, 0.717) is 10.7 Å². The first-order valence-corrected chi connectivity index (χ1v) is 8.08. The zero-order valence-corrected chi connectivity index (χ0v) is 14.5. The SMILES string of the molecule is Cc1ccc(NC(=O)N[C@H](C)c2ccc(Cl)cc2)cc1-n1cnnn1. The molecule has 3 aromatic rings. The Labute approximate surface area is 150 Å². The lowest BCUT2D eigenvalue weighted by atomic mass is 10.1. The first-order valence-electron chi connectivity index (χ1n) is 7.70. The summed E-state index contributed by atoms with van der Waals surface area (Å²) in [6.07, 6.45) is 1.51. The fourth-order valence-corrected chi connectivity index (χ4v) is 2.53. The van der Waals surface area contributed by atoms with E-state index in [2.05, 4.69) is 26.2 Å². The van der Waals surface area contributed by atoms with Crippen LogP contribution in [0, 0.1) is 6.92 Å². The summed E-state index contributed by atoms with van der Waals surface area (Å²) in [7, 11) is 0. The number of anilines is 1. The summed E-state index contributed by atoms with van der Waals surface area (Å²) in [5, 5.41) is 17.5. The molecular weight excluding hydrogens is 340 g/mol. The quantitative estimate of drug-likeness (QED) is 0.749. The summed E-state index contributed by atoms with van der Waals surface area (Å²) in [5.41, 5.74) is 3.41. The van der Waals surface area contributed by atoms with E-state index in [9.17, 15) is 4.79 Å². The fourth-order valence-electron chi connectivity index (χ4n) is 2.40. The van der Waals surface area contributed by atoms with E-state index in [1.165, 1.54) is 6.33 Å². The maximum Gasteiger partial charge on any atom is 0.319 e. The van der Waals surface area contributed by atoms with Crippen LogP contribution in [0.2, 0.25) is 5.02 Å². The maximum absolute atomic E-state index is 12.3. The van der Waals surface area contributed by atoms with Gasteiger partial charge in [-0.15, -0.1) is 5.10 Å². The maximum atomic E-state index is 12.3. The van der Waals surface area contributed by atoms with Gasteiger partial charge in [0.05, 0.1) is 11.7 Å². The van der Waals surface area contributed by atoms with E-state index in [1.54, 1.807) is 16.8 Å². The standard InChI is InChI=1S/C17H17ClN6O/c1-11-3-8-15(9-16(11)24-10-19-22-23-24)21-17(25)20-12(2)13-4-6-14(18)7-5-13/h3-10,12H,1-2H3,(H2,20,21,25)/t12-/m1/s1. The number of rotatable bonds is 4. The third-order valence-electron chi connectivity index (χ3n) is 3.78. The van der Waals surface area contributed by atoms with Crippen molar-refractivity contribution >= 4 is 23.3 Å². The van der Waals surface area contributed by atoms with Crippen LogP contribution in [0.3, 0.4) is 0 Å². The summed E-state index contributed by atoms with van der Waals surface area (Å²) >= 11 is 5.88. The topological polar surface area (TPSA) is 84.7 Å². The molecule has 2 N–H and O–H groups in total. The minimum absolute atomic E-state index is 0.151. The monoisotopic (exact) mass is 356 g/mol. The van der Waals surface area contributed by atoms with Crippen LogP contribution >= 0.6 is 11.6 Å². The van der Waals surface area contributed by atoms with Crippen LogP contribution in [0.1, 0.15) is 24.1 Å².